The Hall–Kier alpha value is -1.51. The second-order valence-electron chi connectivity index (χ2n) is 6.18. The lowest BCUT2D eigenvalue weighted by Crippen LogP contribution is -2.23. The standard InChI is InChI=1S/C17H26O3/c1-6-13(2)11-12-19-15-9-7-14(8-10-15)16(18)20-17(3,4)5/h7-10,13H,6,11-12H2,1-5H3. The van der Waals surface area contributed by atoms with Crippen molar-refractivity contribution in [2.75, 3.05) is 6.61 Å². The van der Waals surface area contributed by atoms with Crippen LogP contribution in [0.2, 0.25) is 0 Å². The van der Waals surface area contributed by atoms with Gasteiger partial charge in [-0.1, -0.05) is 20.3 Å². The van der Waals surface area contributed by atoms with Crippen LogP contribution in [0.1, 0.15) is 57.8 Å². The van der Waals surface area contributed by atoms with E-state index in [9.17, 15) is 4.79 Å². The fraction of sp³-hybridized carbons (Fsp3) is 0.588. The Labute approximate surface area is 122 Å². The first-order valence-electron chi connectivity index (χ1n) is 7.28. The van der Waals surface area contributed by atoms with E-state index in [0.717, 1.165) is 12.2 Å². The average Bonchev–Trinajstić information content (AvgIpc) is 2.37. The molecule has 1 atom stereocenters. The minimum Gasteiger partial charge on any atom is -0.494 e. The summed E-state index contributed by atoms with van der Waals surface area (Å²) in [7, 11) is 0. The van der Waals surface area contributed by atoms with E-state index in [1.54, 1.807) is 12.1 Å². The van der Waals surface area contributed by atoms with Gasteiger partial charge in [-0.05, 0) is 57.4 Å². The first-order valence-corrected chi connectivity index (χ1v) is 7.28. The number of hydrogen-bond donors (Lipinski definition) is 0. The molecular weight excluding hydrogens is 252 g/mol. The monoisotopic (exact) mass is 278 g/mol. The fourth-order valence-corrected chi connectivity index (χ4v) is 1.61. The van der Waals surface area contributed by atoms with Crippen molar-refractivity contribution in [1.29, 1.82) is 0 Å². The zero-order valence-electron chi connectivity index (χ0n) is 13.2. The number of ether oxygens (including phenoxy) is 2. The summed E-state index contributed by atoms with van der Waals surface area (Å²) < 4.78 is 11.0. The number of rotatable bonds is 6. The molecule has 1 rings (SSSR count). The van der Waals surface area contributed by atoms with Crippen LogP contribution in [0.3, 0.4) is 0 Å². The summed E-state index contributed by atoms with van der Waals surface area (Å²) in [4.78, 5) is 11.9. The summed E-state index contributed by atoms with van der Waals surface area (Å²) in [5.41, 5.74) is 0.0805. The Balaban J connectivity index is 2.50. The van der Waals surface area contributed by atoms with Crippen LogP contribution in [-0.4, -0.2) is 18.2 Å². The van der Waals surface area contributed by atoms with Gasteiger partial charge < -0.3 is 9.47 Å². The van der Waals surface area contributed by atoms with Crippen molar-refractivity contribution in [2.45, 2.75) is 53.1 Å². The Morgan fingerprint density at radius 1 is 1.20 bits per heavy atom. The summed E-state index contributed by atoms with van der Waals surface area (Å²) in [6.45, 7) is 10.7. The molecule has 0 aromatic heterocycles. The highest BCUT2D eigenvalue weighted by Gasteiger charge is 2.17. The quantitative estimate of drug-likeness (QED) is 0.721. The highest BCUT2D eigenvalue weighted by molar-refractivity contribution is 5.89. The van der Waals surface area contributed by atoms with Crippen molar-refractivity contribution < 1.29 is 14.3 Å². The summed E-state index contributed by atoms with van der Waals surface area (Å²) in [6.07, 6.45) is 2.21. The molecule has 0 spiro atoms. The molecule has 0 saturated carbocycles. The van der Waals surface area contributed by atoms with Gasteiger partial charge in [0.2, 0.25) is 0 Å². The topological polar surface area (TPSA) is 35.5 Å². The smallest absolute Gasteiger partial charge is 0.338 e. The lowest BCUT2D eigenvalue weighted by molar-refractivity contribution is 0.00695. The number of carbonyl (C=O) groups excluding carboxylic acids is 1. The van der Waals surface area contributed by atoms with Gasteiger partial charge in [0, 0.05) is 0 Å². The molecule has 0 aliphatic carbocycles. The maximum Gasteiger partial charge on any atom is 0.338 e. The molecule has 0 bridgehead atoms. The average molecular weight is 278 g/mol. The van der Waals surface area contributed by atoms with E-state index in [4.69, 9.17) is 9.47 Å². The van der Waals surface area contributed by atoms with E-state index in [2.05, 4.69) is 13.8 Å². The predicted octanol–water partition coefficient (Wildman–Crippen LogP) is 4.46. The van der Waals surface area contributed by atoms with E-state index in [1.165, 1.54) is 6.42 Å². The SMILES string of the molecule is CCC(C)CCOc1ccc(C(=O)OC(C)(C)C)cc1. The molecule has 1 aromatic carbocycles. The van der Waals surface area contributed by atoms with Crippen molar-refractivity contribution in [3.8, 4) is 5.75 Å². The number of esters is 1. The van der Waals surface area contributed by atoms with Crippen LogP contribution in [0.15, 0.2) is 24.3 Å². The Morgan fingerprint density at radius 3 is 2.30 bits per heavy atom. The highest BCUT2D eigenvalue weighted by atomic mass is 16.6. The van der Waals surface area contributed by atoms with E-state index in [0.29, 0.717) is 18.1 Å². The lowest BCUT2D eigenvalue weighted by atomic mass is 10.1. The highest BCUT2D eigenvalue weighted by Crippen LogP contribution is 2.17. The van der Waals surface area contributed by atoms with Gasteiger partial charge in [0.25, 0.3) is 0 Å². The molecule has 112 valence electrons. The van der Waals surface area contributed by atoms with Gasteiger partial charge in [-0.2, -0.15) is 0 Å². The largest absolute Gasteiger partial charge is 0.494 e. The molecule has 1 unspecified atom stereocenters. The summed E-state index contributed by atoms with van der Waals surface area (Å²) in [6, 6.07) is 7.12. The van der Waals surface area contributed by atoms with E-state index < -0.39 is 5.60 Å². The molecule has 0 saturated heterocycles. The molecule has 0 radical (unpaired) electrons. The van der Waals surface area contributed by atoms with Crippen molar-refractivity contribution >= 4 is 5.97 Å². The summed E-state index contributed by atoms with van der Waals surface area (Å²) >= 11 is 0. The number of carbonyl (C=O) groups is 1. The van der Waals surface area contributed by atoms with Gasteiger partial charge in [0.05, 0.1) is 12.2 Å². The van der Waals surface area contributed by atoms with Crippen LogP contribution in [0.4, 0.5) is 0 Å². The third-order valence-corrected chi connectivity index (χ3v) is 3.07. The van der Waals surface area contributed by atoms with Gasteiger partial charge in [-0.3, -0.25) is 0 Å². The molecule has 3 nitrogen and oxygen atoms in total. The molecule has 3 heteroatoms. The minimum atomic E-state index is -0.470. The Kier molecular flexibility index (Phi) is 6.05. The van der Waals surface area contributed by atoms with Gasteiger partial charge in [0.15, 0.2) is 0 Å². The molecule has 0 aliphatic rings. The Morgan fingerprint density at radius 2 is 1.80 bits per heavy atom. The molecule has 1 aromatic rings. The van der Waals surface area contributed by atoms with E-state index in [1.807, 2.05) is 32.9 Å². The lowest BCUT2D eigenvalue weighted by Gasteiger charge is -2.19. The molecular formula is C17H26O3. The third kappa shape index (κ3) is 6.09. The van der Waals surface area contributed by atoms with Crippen LogP contribution in [-0.2, 0) is 4.74 Å². The fourth-order valence-electron chi connectivity index (χ4n) is 1.61. The molecule has 0 N–H and O–H groups in total. The van der Waals surface area contributed by atoms with Crippen LogP contribution in [0.25, 0.3) is 0 Å². The maximum atomic E-state index is 11.9. The van der Waals surface area contributed by atoms with Gasteiger partial charge in [-0.25, -0.2) is 4.79 Å². The van der Waals surface area contributed by atoms with Crippen molar-refractivity contribution in [1.82, 2.24) is 0 Å². The van der Waals surface area contributed by atoms with Gasteiger partial charge in [-0.15, -0.1) is 0 Å². The van der Waals surface area contributed by atoms with Crippen molar-refractivity contribution in [2.24, 2.45) is 5.92 Å². The summed E-state index contributed by atoms with van der Waals surface area (Å²) in [5, 5.41) is 0. The summed E-state index contributed by atoms with van der Waals surface area (Å²) in [5.74, 6) is 1.17. The van der Waals surface area contributed by atoms with Crippen molar-refractivity contribution in [3.05, 3.63) is 29.8 Å². The first kappa shape index (κ1) is 16.5. The second-order valence-corrected chi connectivity index (χ2v) is 6.18. The molecule has 0 aliphatic heterocycles. The maximum absolute atomic E-state index is 11.9. The molecule has 0 amide bonds. The molecule has 20 heavy (non-hydrogen) atoms. The normalized spacial score (nSPS) is 12.8. The second kappa shape index (κ2) is 7.32. The molecule has 0 fully saturated rings. The van der Waals surface area contributed by atoms with Crippen LogP contribution in [0, 0.1) is 5.92 Å². The number of benzene rings is 1. The van der Waals surface area contributed by atoms with Gasteiger partial charge in [0.1, 0.15) is 11.4 Å². The van der Waals surface area contributed by atoms with Gasteiger partial charge >= 0.3 is 5.97 Å². The minimum absolute atomic E-state index is 0.302. The van der Waals surface area contributed by atoms with E-state index in [-0.39, 0.29) is 5.97 Å². The van der Waals surface area contributed by atoms with Crippen LogP contribution in [0.5, 0.6) is 5.75 Å². The van der Waals surface area contributed by atoms with Crippen molar-refractivity contribution in [3.63, 3.8) is 0 Å². The predicted molar refractivity (Wildman–Crippen MR) is 81.2 cm³/mol. The zero-order valence-corrected chi connectivity index (χ0v) is 13.2. The van der Waals surface area contributed by atoms with Crippen LogP contribution >= 0.6 is 0 Å². The first-order chi connectivity index (χ1) is 9.31. The van der Waals surface area contributed by atoms with Crippen LogP contribution < -0.4 is 4.74 Å². The molecule has 0 heterocycles. The third-order valence-electron chi connectivity index (χ3n) is 3.07. The number of hydrogen-bond acceptors (Lipinski definition) is 3. The van der Waals surface area contributed by atoms with E-state index >= 15 is 0 Å². The zero-order chi connectivity index (χ0) is 15.2. The Bertz CT molecular complexity index is 415.